The van der Waals surface area contributed by atoms with Gasteiger partial charge in [-0.3, -0.25) is 4.79 Å². The van der Waals surface area contributed by atoms with E-state index in [0.717, 1.165) is 16.8 Å². The quantitative estimate of drug-likeness (QED) is 0.670. The Morgan fingerprint density at radius 2 is 1.48 bits per heavy atom. The lowest BCUT2D eigenvalue weighted by Gasteiger charge is -2.17. The summed E-state index contributed by atoms with van der Waals surface area (Å²) < 4.78 is 6.01. The zero-order valence-electron chi connectivity index (χ0n) is 14.6. The van der Waals surface area contributed by atoms with Crippen molar-refractivity contribution in [3.8, 4) is 22.6 Å². The molecule has 0 fully saturated rings. The predicted molar refractivity (Wildman–Crippen MR) is 99.0 cm³/mol. The number of benzene rings is 2. The number of hydrogen-bond donors (Lipinski definition) is 0. The van der Waals surface area contributed by atoms with Gasteiger partial charge in [0.25, 0.3) is 0 Å². The maximum atomic E-state index is 12.4. The van der Waals surface area contributed by atoms with Crippen molar-refractivity contribution in [2.45, 2.75) is 20.3 Å². The van der Waals surface area contributed by atoms with Crippen LogP contribution in [0.2, 0.25) is 0 Å². The van der Waals surface area contributed by atoms with Crippen LogP contribution in [-0.4, -0.2) is 28.9 Å². The third-order valence-electron chi connectivity index (χ3n) is 4.17. The monoisotopic (exact) mass is 334 g/mol. The number of hydrogen-bond acceptors (Lipinski definition) is 3. The Morgan fingerprint density at radius 1 is 0.920 bits per heavy atom. The van der Waals surface area contributed by atoms with Crippen LogP contribution in [0.3, 0.4) is 0 Å². The Bertz CT molecular complexity index is 765. The summed E-state index contributed by atoms with van der Waals surface area (Å²) in [7, 11) is 0. The van der Waals surface area contributed by atoms with Gasteiger partial charge >= 0.3 is 0 Å². The number of nitrogens with zero attached hydrogens (tertiary/aromatic N) is 2. The van der Waals surface area contributed by atoms with Crippen LogP contribution in [0.15, 0.2) is 65.1 Å². The van der Waals surface area contributed by atoms with E-state index in [1.807, 2.05) is 74.5 Å². The normalized spacial score (nSPS) is 10.6. The lowest BCUT2D eigenvalue weighted by molar-refractivity contribution is -0.130. The van der Waals surface area contributed by atoms with Crippen molar-refractivity contribution in [3.05, 3.63) is 66.6 Å². The first-order valence-corrected chi connectivity index (χ1v) is 8.61. The third-order valence-corrected chi connectivity index (χ3v) is 4.17. The van der Waals surface area contributed by atoms with E-state index in [9.17, 15) is 4.79 Å². The first kappa shape index (κ1) is 17.0. The molecule has 2 aromatic carbocycles. The van der Waals surface area contributed by atoms with E-state index < -0.39 is 0 Å². The average Bonchev–Trinajstić information content (AvgIpc) is 3.08. The molecule has 0 radical (unpaired) electrons. The van der Waals surface area contributed by atoms with Gasteiger partial charge in [-0.25, -0.2) is 4.98 Å². The highest BCUT2D eigenvalue weighted by atomic mass is 16.4. The van der Waals surface area contributed by atoms with E-state index in [2.05, 4.69) is 4.98 Å². The van der Waals surface area contributed by atoms with Crippen molar-refractivity contribution >= 4 is 5.91 Å². The van der Waals surface area contributed by atoms with Gasteiger partial charge in [-0.05, 0) is 13.8 Å². The number of rotatable bonds is 6. The van der Waals surface area contributed by atoms with E-state index in [1.54, 1.807) is 4.90 Å². The van der Waals surface area contributed by atoms with E-state index in [-0.39, 0.29) is 12.3 Å². The first-order chi connectivity index (χ1) is 12.2. The second-order valence-electron chi connectivity index (χ2n) is 5.76. The molecule has 1 amide bonds. The van der Waals surface area contributed by atoms with Crippen LogP contribution in [0.5, 0.6) is 0 Å². The van der Waals surface area contributed by atoms with Gasteiger partial charge in [0, 0.05) is 24.2 Å². The number of amides is 1. The van der Waals surface area contributed by atoms with Crippen molar-refractivity contribution < 1.29 is 9.21 Å². The van der Waals surface area contributed by atoms with Crippen molar-refractivity contribution in [1.82, 2.24) is 9.88 Å². The molecule has 0 aliphatic heterocycles. The van der Waals surface area contributed by atoms with Crippen molar-refractivity contribution in [2.24, 2.45) is 0 Å². The van der Waals surface area contributed by atoms with E-state index >= 15 is 0 Å². The predicted octanol–water partition coefficient (Wildman–Crippen LogP) is 4.42. The van der Waals surface area contributed by atoms with Gasteiger partial charge in [0.2, 0.25) is 11.8 Å². The molecule has 4 nitrogen and oxygen atoms in total. The van der Waals surface area contributed by atoms with Crippen molar-refractivity contribution in [2.75, 3.05) is 13.1 Å². The molecule has 1 heterocycles. The minimum absolute atomic E-state index is 0.0328. The maximum absolute atomic E-state index is 12.4. The van der Waals surface area contributed by atoms with Crippen molar-refractivity contribution in [1.29, 1.82) is 0 Å². The summed E-state index contributed by atoms with van der Waals surface area (Å²) in [5.74, 6) is 1.19. The summed E-state index contributed by atoms with van der Waals surface area (Å²) in [6.45, 7) is 5.32. The zero-order chi connectivity index (χ0) is 17.6. The molecule has 3 aromatic rings. The van der Waals surface area contributed by atoms with Gasteiger partial charge in [0.1, 0.15) is 12.1 Å². The molecule has 0 saturated carbocycles. The van der Waals surface area contributed by atoms with Crippen LogP contribution in [0, 0.1) is 0 Å². The van der Waals surface area contributed by atoms with Crippen LogP contribution in [0.4, 0.5) is 0 Å². The minimum atomic E-state index is 0.0328. The Hall–Kier alpha value is -2.88. The summed E-state index contributed by atoms with van der Waals surface area (Å²) in [5.41, 5.74) is 2.70. The average molecular weight is 334 g/mol. The molecule has 0 bridgehead atoms. The Kier molecular flexibility index (Phi) is 5.29. The standard InChI is InChI=1S/C21H22N2O2/c1-3-23(4-2)19(24)15-18-22-20(16-11-7-5-8-12-16)21(25-18)17-13-9-6-10-14-17/h5-14H,3-4,15H2,1-2H3. The minimum Gasteiger partial charge on any atom is -0.439 e. The highest BCUT2D eigenvalue weighted by Crippen LogP contribution is 2.32. The highest BCUT2D eigenvalue weighted by molar-refractivity contribution is 5.80. The van der Waals surface area contributed by atoms with Crippen LogP contribution < -0.4 is 0 Å². The van der Waals surface area contributed by atoms with E-state index in [0.29, 0.717) is 24.7 Å². The van der Waals surface area contributed by atoms with Gasteiger partial charge in [-0.2, -0.15) is 0 Å². The molecule has 0 aliphatic rings. The molecular weight excluding hydrogens is 312 g/mol. The van der Waals surface area contributed by atoms with Gasteiger partial charge in [0.05, 0.1) is 0 Å². The molecule has 0 atom stereocenters. The van der Waals surface area contributed by atoms with Crippen LogP contribution in [0.1, 0.15) is 19.7 Å². The molecule has 25 heavy (non-hydrogen) atoms. The van der Waals surface area contributed by atoms with Crippen LogP contribution in [-0.2, 0) is 11.2 Å². The Balaban J connectivity index is 1.99. The van der Waals surface area contributed by atoms with Gasteiger partial charge < -0.3 is 9.32 Å². The van der Waals surface area contributed by atoms with Gasteiger partial charge in [-0.15, -0.1) is 0 Å². The van der Waals surface area contributed by atoms with Crippen LogP contribution in [0.25, 0.3) is 22.6 Å². The first-order valence-electron chi connectivity index (χ1n) is 8.61. The number of oxazole rings is 1. The molecule has 1 aromatic heterocycles. The highest BCUT2D eigenvalue weighted by Gasteiger charge is 2.20. The SMILES string of the molecule is CCN(CC)C(=O)Cc1nc(-c2ccccc2)c(-c2ccccc2)o1. The molecular formula is C21H22N2O2. The summed E-state index contributed by atoms with van der Waals surface area (Å²) >= 11 is 0. The fourth-order valence-electron chi connectivity index (χ4n) is 2.83. The Labute approximate surface area is 148 Å². The Morgan fingerprint density at radius 3 is 2.04 bits per heavy atom. The van der Waals surface area contributed by atoms with E-state index in [4.69, 9.17) is 4.42 Å². The fraction of sp³-hybridized carbons (Fsp3) is 0.238. The second-order valence-corrected chi connectivity index (χ2v) is 5.76. The largest absolute Gasteiger partial charge is 0.439 e. The molecule has 3 rings (SSSR count). The number of carbonyl (C=O) groups excluding carboxylic acids is 1. The third kappa shape index (κ3) is 3.79. The van der Waals surface area contributed by atoms with E-state index in [1.165, 1.54) is 0 Å². The summed E-state index contributed by atoms with van der Waals surface area (Å²) in [4.78, 5) is 18.8. The fourth-order valence-corrected chi connectivity index (χ4v) is 2.83. The summed E-state index contributed by atoms with van der Waals surface area (Å²) in [6, 6.07) is 19.8. The summed E-state index contributed by atoms with van der Waals surface area (Å²) in [6.07, 6.45) is 0.175. The summed E-state index contributed by atoms with van der Waals surface area (Å²) in [5, 5.41) is 0. The molecule has 0 aliphatic carbocycles. The number of likely N-dealkylation sites (N-methyl/N-ethyl adjacent to an activating group) is 1. The number of aromatic nitrogens is 1. The number of carbonyl (C=O) groups is 1. The smallest absolute Gasteiger partial charge is 0.231 e. The molecule has 0 N–H and O–H groups in total. The molecule has 0 saturated heterocycles. The van der Waals surface area contributed by atoms with Gasteiger partial charge in [-0.1, -0.05) is 60.7 Å². The molecule has 4 heteroatoms. The zero-order valence-corrected chi connectivity index (χ0v) is 14.6. The lowest BCUT2D eigenvalue weighted by Crippen LogP contribution is -2.31. The molecule has 0 spiro atoms. The molecule has 0 unspecified atom stereocenters. The molecule has 128 valence electrons. The van der Waals surface area contributed by atoms with Crippen LogP contribution >= 0.6 is 0 Å². The maximum Gasteiger partial charge on any atom is 0.231 e. The lowest BCUT2D eigenvalue weighted by atomic mass is 10.1. The second kappa shape index (κ2) is 7.79. The van der Waals surface area contributed by atoms with Crippen molar-refractivity contribution in [3.63, 3.8) is 0 Å². The van der Waals surface area contributed by atoms with Gasteiger partial charge in [0.15, 0.2) is 5.76 Å². The topological polar surface area (TPSA) is 46.3 Å².